The monoisotopic (exact) mass is 401 g/mol. The number of thioether (sulfide) groups is 1. The van der Waals surface area contributed by atoms with E-state index in [0.29, 0.717) is 15.9 Å². The second-order valence-corrected chi connectivity index (χ2v) is 9.60. The summed E-state index contributed by atoms with van der Waals surface area (Å²) in [6.45, 7) is 0. The standard InChI is InChI=1S/C15H15ClN2O5S2/c16-9-1-3-10(4-2-9)18-11-7-25(22,23)8-12(11)24-15(18)17-13(19)5-6-14(20)21/h1-4,11-12H,5-8H2,(H,20,21)/p-1/t11-,12+/m1/s1. The summed E-state index contributed by atoms with van der Waals surface area (Å²) in [6.07, 6.45) is -0.656. The highest BCUT2D eigenvalue weighted by Gasteiger charge is 2.49. The van der Waals surface area contributed by atoms with Gasteiger partial charge in [-0.05, 0) is 30.7 Å². The molecule has 2 aliphatic heterocycles. The van der Waals surface area contributed by atoms with Crippen LogP contribution in [0.1, 0.15) is 12.8 Å². The molecule has 7 nitrogen and oxygen atoms in total. The Morgan fingerprint density at radius 2 is 1.92 bits per heavy atom. The molecule has 1 aromatic rings. The predicted octanol–water partition coefficient (Wildman–Crippen LogP) is 0.472. The summed E-state index contributed by atoms with van der Waals surface area (Å²) in [5.74, 6) is -1.88. The molecular formula is C15H14ClN2O5S2-. The van der Waals surface area contributed by atoms with Crippen molar-refractivity contribution in [3.63, 3.8) is 0 Å². The predicted molar refractivity (Wildman–Crippen MR) is 94.4 cm³/mol. The van der Waals surface area contributed by atoms with E-state index < -0.39 is 28.1 Å². The highest BCUT2D eigenvalue weighted by atomic mass is 35.5. The van der Waals surface area contributed by atoms with Crippen molar-refractivity contribution in [1.82, 2.24) is 0 Å². The third-order valence-corrected chi connectivity index (χ3v) is 7.40. The molecule has 0 radical (unpaired) electrons. The quantitative estimate of drug-likeness (QED) is 0.721. The number of fused-ring (bicyclic) bond motifs is 1. The van der Waals surface area contributed by atoms with E-state index in [4.69, 9.17) is 11.6 Å². The number of amides is 1. The fourth-order valence-corrected chi connectivity index (χ4v) is 6.90. The largest absolute Gasteiger partial charge is 0.550 e. The molecular weight excluding hydrogens is 388 g/mol. The number of hydrogen-bond donors (Lipinski definition) is 0. The molecule has 10 heteroatoms. The number of sulfone groups is 1. The number of aliphatic imine (C=N–C) groups is 1. The molecule has 0 saturated carbocycles. The Morgan fingerprint density at radius 3 is 2.56 bits per heavy atom. The first-order valence-electron chi connectivity index (χ1n) is 7.48. The maximum atomic E-state index is 11.9. The third kappa shape index (κ3) is 4.16. The fraction of sp³-hybridized carbons (Fsp3) is 0.400. The zero-order chi connectivity index (χ0) is 18.2. The van der Waals surface area contributed by atoms with Crippen LogP contribution in [0.2, 0.25) is 5.02 Å². The van der Waals surface area contributed by atoms with Gasteiger partial charge in [0.1, 0.15) is 0 Å². The van der Waals surface area contributed by atoms with Gasteiger partial charge in [-0.2, -0.15) is 4.99 Å². The lowest BCUT2D eigenvalue weighted by molar-refractivity contribution is -0.305. The number of aliphatic carboxylic acids is 1. The van der Waals surface area contributed by atoms with Gasteiger partial charge >= 0.3 is 0 Å². The maximum Gasteiger partial charge on any atom is 0.248 e. The van der Waals surface area contributed by atoms with Crippen molar-refractivity contribution in [2.45, 2.75) is 24.1 Å². The lowest BCUT2D eigenvalue weighted by Gasteiger charge is -2.24. The van der Waals surface area contributed by atoms with E-state index in [1.54, 1.807) is 29.2 Å². The number of amidine groups is 1. The number of carbonyl (C=O) groups excluding carboxylic acids is 2. The molecule has 134 valence electrons. The van der Waals surface area contributed by atoms with Crippen molar-refractivity contribution in [3.8, 4) is 0 Å². The molecule has 0 aromatic heterocycles. The van der Waals surface area contributed by atoms with Gasteiger partial charge in [-0.25, -0.2) is 8.42 Å². The van der Waals surface area contributed by atoms with Crippen LogP contribution in [0.3, 0.4) is 0 Å². The molecule has 1 aromatic carbocycles. The van der Waals surface area contributed by atoms with Crippen LogP contribution in [0, 0.1) is 0 Å². The lowest BCUT2D eigenvalue weighted by atomic mass is 10.2. The van der Waals surface area contributed by atoms with E-state index in [-0.39, 0.29) is 29.2 Å². The molecule has 0 aliphatic carbocycles. The molecule has 2 aliphatic rings. The fourth-order valence-electron chi connectivity index (χ4n) is 2.84. The molecule has 0 bridgehead atoms. The van der Waals surface area contributed by atoms with Crippen LogP contribution in [0.4, 0.5) is 5.69 Å². The Labute approximate surface area is 154 Å². The van der Waals surface area contributed by atoms with E-state index >= 15 is 0 Å². The smallest absolute Gasteiger partial charge is 0.248 e. The van der Waals surface area contributed by atoms with Gasteiger partial charge in [0.2, 0.25) is 5.91 Å². The number of anilines is 1. The van der Waals surface area contributed by atoms with Crippen molar-refractivity contribution in [2.75, 3.05) is 16.4 Å². The van der Waals surface area contributed by atoms with Crippen LogP contribution < -0.4 is 10.0 Å². The van der Waals surface area contributed by atoms with Crippen molar-refractivity contribution >= 4 is 55.9 Å². The Kier molecular flexibility index (Phi) is 5.08. The zero-order valence-electron chi connectivity index (χ0n) is 12.9. The number of benzene rings is 1. The van der Waals surface area contributed by atoms with Crippen LogP contribution in [0.25, 0.3) is 0 Å². The van der Waals surface area contributed by atoms with Crippen molar-refractivity contribution < 1.29 is 23.1 Å². The van der Waals surface area contributed by atoms with Crippen LogP contribution in [0.15, 0.2) is 29.3 Å². The summed E-state index contributed by atoms with van der Waals surface area (Å²) in [7, 11) is -3.14. The highest BCUT2D eigenvalue weighted by molar-refractivity contribution is 8.16. The Hall–Kier alpha value is -1.58. The molecule has 2 fully saturated rings. The van der Waals surface area contributed by atoms with Gasteiger partial charge in [0.25, 0.3) is 0 Å². The van der Waals surface area contributed by atoms with Gasteiger partial charge in [-0.3, -0.25) is 4.79 Å². The number of rotatable bonds is 4. The number of carbonyl (C=O) groups is 2. The first kappa shape index (κ1) is 18.2. The minimum absolute atomic E-state index is 0.0143. The summed E-state index contributed by atoms with van der Waals surface area (Å²) in [4.78, 5) is 28.1. The van der Waals surface area contributed by atoms with Crippen LogP contribution in [-0.2, 0) is 19.4 Å². The molecule has 0 N–H and O–H groups in total. The van der Waals surface area contributed by atoms with Crippen LogP contribution in [-0.4, -0.2) is 48.3 Å². The summed E-state index contributed by atoms with van der Waals surface area (Å²) in [6, 6.07) is 6.50. The molecule has 25 heavy (non-hydrogen) atoms. The minimum Gasteiger partial charge on any atom is -0.550 e. The average Bonchev–Trinajstić information content (AvgIpc) is 2.97. The van der Waals surface area contributed by atoms with E-state index in [1.807, 2.05) is 0 Å². The average molecular weight is 402 g/mol. The van der Waals surface area contributed by atoms with Crippen molar-refractivity contribution in [3.05, 3.63) is 29.3 Å². The summed E-state index contributed by atoms with van der Waals surface area (Å²) >= 11 is 7.13. The van der Waals surface area contributed by atoms with Crippen LogP contribution in [0.5, 0.6) is 0 Å². The van der Waals surface area contributed by atoms with Gasteiger partial charge in [0.15, 0.2) is 15.0 Å². The Morgan fingerprint density at radius 1 is 1.24 bits per heavy atom. The second-order valence-electron chi connectivity index (χ2n) is 5.81. The summed E-state index contributed by atoms with van der Waals surface area (Å²) in [5.41, 5.74) is 0.688. The molecule has 0 spiro atoms. The van der Waals surface area contributed by atoms with Gasteiger partial charge in [-0.1, -0.05) is 23.4 Å². The molecule has 2 heterocycles. The second kappa shape index (κ2) is 6.97. The van der Waals surface area contributed by atoms with Crippen molar-refractivity contribution in [2.24, 2.45) is 4.99 Å². The highest BCUT2D eigenvalue weighted by Crippen LogP contribution is 2.41. The van der Waals surface area contributed by atoms with Gasteiger partial charge in [-0.15, -0.1) is 0 Å². The molecule has 0 unspecified atom stereocenters. The summed E-state index contributed by atoms with van der Waals surface area (Å²) in [5, 5.41) is 11.2. The van der Waals surface area contributed by atoms with Gasteiger partial charge < -0.3 is 14.8 Å². The normalized spacial score (nSPS) is 26.0. The number of hydrogen-bond acceptors (Lipinski definition) is 6. The van der Waals surface area contributed by atoms with E-state index in [9.17, 15) is 23.1 Å². The lowest BCUT2D eigenvalue weighted by Crippen LogP contribution is -2.37. The Bertz CT molecular complexity index is 838. The minimum atomic E-state index is -3.14. The number of nitrogens with zero attached hydrogens (tertiary/aromatic N) is 2. The topological polar surface area (TPSA) is 107 Å². The molecule has 2 atom stereocenters. The van der Waals surface area contributed by atoms with Crippen LogP contribution >= 0.6 is 23.4 Å². The van der Waals surface area contributed by atoms with E-state index in [1.165, 1.54) is 11.8 Å². The number of halogens is 1. The number of carboxylic acids is 1. The molecule has 1 amide bonds. The van der Waals surface area contributed by atoms with Gasteiger partial charge in [0, 0.05) is 28.4 Å². The van der Waals surface area contributed by atoms with Crippen molar-refractivity contribution in [1.29, 1.82) is 0 Å². The SMILES string of the molecule is O=C([O-])CCC(=O)N=C1S[C@H]2CS(=O)(=O)C[C@H]2N1c1ccc(Cl)cc1. The van der Waals surface area contributed by atoms with Gasteiger partial charge in [0.05, 0.1) is 17.5 Å². The Balaban J connectivity index is 1.90. The number of carboxylic acid groups (broad SMARTS) is 1. The molecule has 3 rings (SSSR count). The maximum absolute atomic E-state index is 11.9. The molecule has 2 saturated heterocycles. The first-order valence-corrected chi connectivity index (χ1v) is 10.6. The summed E-state index contributed by atoms with van der Waals surface area (Å²) < 4.78 is 23.9. The zero-order valence-corrected chi connectivity index (χ0v) is 15.3. The van der Waals surface area contributed by atoms with E-state index in [0.717, 1.165) is 0 Å². The third-order valence-electron chi connectivity index (χ3n) is 3.93. The first-order chi connectivity index (χ1) is 11.7. The van der Waals surface area contributed by atoms with E-state index in [2.05, 4.69) is 4.99 Å².